The molecule has 1 aliphatic rings. The van der Waals surface area contributed by atoms with Gasteiger partial charge in [0, 0.05) is 10.5 Å². The first-order valence-corrected chi connectivity index (χ1v) is 9.10. The summed E-state index contributed by atoms with van der Waals surface area (Å²) in [6.07, 6.45) is 0. The van der Waals surface area contributed by atoms with Crippen LogP contribution < -0.4 is 14.2 Å². The smallest absolute Gasteiger partial charge is 0.336 e. The van der Waals surface area contributed by atoms with E-state index in [0.717, 1.165) is 6.07 Å². The maximum Gasteiger partial charge on any atom is 0.336 e. The molecule has 0 bridgehead atoms. The summed E-state index contributed by atoms with van der Waals surface area (Å²) in [5, 5.41) is 9.10. The predicted octanol–water partition coefficient (Wildman–Crippen LogP) is 2.72. The molecule has 0 unspecified atom stereocenters. The summed E-state index contributed by atoms with van der Waals surface area (Å²) < 4.78 is 38.4. The van der Waals surface area contributed by atoms with Crippen LogP contribution in [0.25, 0.3) is 0 Å². The minimum atomic E-state index is -3.94. The monoisotopic (exact) mass is 413 g/mol. The minimum absolute atomic E-state index is 0.139. The Morgan fingerprint density at radius 1 is 1.08 bits per heavy atom. The number of ether oxygens (including phenoxy) is 2. The highest BCUT2D eigenvalue weighted by atomic mass is 79.9. The van der Waals surface area contributed by atoms with E-state index in [9.17, 15) is 13.2 Å². The van der Waals surface area contributed by atoms with Gasteiger partial charge in [0.2, 0.25) is 0 Å². The number of anilines is 1. The van der Waals surface area contributed by atoms with Crippen LogP contribution in [0.1, 0.15) is 10.4 Å². The summed E-state index contributed by atoms with van der Waals surface area (Å²) in [6, 6.07) is 8.45. The SMILES string of the molecule is O=C(O)c1cc(S(=O)(=O)Nc2ccc3c(c2)OCCO3)ccc1Br. The van der Waals surface area contributed by atoms with Gasteiger partial charge in [0.05, 0.1) is 16.1 Å². The zero-order valence-corrected chi connectivity index (χ0v) is 14.6. The number of carboxylic acids is 1. The fraction of sp³-hybridized carbons (Fsp3) is 0.133. The number of sulfonamides is 1. The van der Waals surface area contributed by atoms with Gasteiger partial charge in [0.15, 0.2) is 11.5 Å². The molecule has 1 heterocycles. The number of halogens is 1. The Bertz CT molecular complexity index is 912. The fourth-order valence-corrected chi connectivity index (χ4v) is 3.65. The van der Waals surface area contributed by atoms with Crippen LogP contribution in [0.5, 0.6) is 11.5 Å². The lowest BCUT2D eigenvalue weighted by Crippen LogP contribution is -2.17. The van der Waals surface area contributed by atoms with Crippen LogP contribution in [0.15, 0.2) is 45.8 Å². The number of carbonyl (C=O) groups is 1. The normalized spacial score (nSPS) is 13.4. The van der Waals surface area contributed by atoms with Crippen molar-refractivity contribution in [1.82, 2.24) is 0 Å². The topological polar surface area (TPSA) is 102 Å². The molecule has 0 aliphatic carbocycles. The molecule has 2 aromatic carbocycles. The molecule has 9 heteroatoms. The van der Waals surface area contributed by atoms with E-state index in [-0.39, 0.29) is 10.5 Å². The molecule has 126 valence electrons. The maximum atomic E-state index is 12.5. The number of nitrogens with one attached hydrogen (secondary N) is 1. The summed E-state index contributed by atoms with van der Waals surface area (Å²) in [5.41, 5.74) is 0.152. The Morgan fingerprint density at radius 3 is 2.50 bits per heavy atom. The Balaban J connectivity index is 1.91. The third-order valence-corrected chi connectivity index (χ3v) is 5.34. The van der Waals surface area contributed by atoms with E-state index < -0.39 is 16.0 Å². The van der Waals surface area contributed by atoms with Crippen LogP contribution in [-0.2, 0) is 10.0 Å². The van der Waals surface area contributed by atoms with E-state index in [1.165, 1.54) is 18.2 Å². The van der Waals surface area contributed by atoms with Crippen molar-refractivity contribution in [3.05, 3.63) is 46.4 Å². The molecule has 0 fully saturated rings. The Morgan fingerprint density at radius 2 is 1.79 bits per heavy atom. The Kier molecular flexibility index (Phi) is 4.37. The summed E-state index contributed by atoms with van der Waals surface area (Å²) in [4.78, 5) is 11.0. The van der Waals surface area contributed by atoms with Gasteiger partial charge in [-0.3, -0.25) is 4.72 Å². The van der Waals surface area contributed by atoms with Crippen molar-refractivity contribution in [3.8, 4) is 11.5 Å². The van der Waals surface area contributed by atoms with E-state index in [1.807, 2.05) is 0 Å². The molecule has 0 aromatic heterocycles. The first-order chi connectivity index (χ1) is 11.4. The van der Waals surface area contributed by atoms with Crippen molar-refractivity contribution in [2.24, 2.45) is 0 Å². The van der Waals surface area contributed by atoms with Crippen molar-refractivity contribution in [2.75, 3.05) is 17.9 Å². The molecule has 1 aliphatic heterocycles. The van der Waals surface area contributed by atoms with E-state index in [4.69, 9.17) is 14.6 Å². The largest absolute Gasteiger partial charge is 0.486 e. The van der Waals surface area contributed by atoms with Crippen LogP contribution in [-0.4, -0.2) is 32.7 Å². The molecule has 0 atom stereocenters. The minimum Gasteiger partial charge on any atom is -0.486 e. The molecule has 3 rings (SSSR count). The van der Waals surface area contributed by atoms with E-state index in [2.05, 4.69) is 20.7 Å². The highest BCUT2D eigenvalue weighted by Gasteiger charge is 2.20. The van der Waals surface area contributed by atoms with E-state index in [1.54, 1.807) is 12.1 Å². The number of rotatable bonds is 4. The van der Waals surface area contributed by atoms with Gasteiger partial charge < -0.3 is 14.6 Å². The molecule has 0 saturated heterocycles. The number of benzene rings is 2. The molecule has 24 heavy (non-hydrogen) atoms. The molecular weight excluding hydrogens is 402 g/mol. The lowest BCUT2D eigenvalue weighted by molar-refractivity contribution is 0.0695. The second-order valence-electron chi connectivity index (χ2n) is 4.91. The summed E-state index contributed by atoms with van der Waals surface area (Å²) in [7, 11) is -3.94. The van der Waals surface area contributed by atoms with Gasteiger partial charge >= 0.3 is 5.97 Å². The number of hydrogen-bond acceptors (Lipinski definition) is 5. The zero-order valence-electron chi connectivity index (χ0n) is 12.2. The van der Waals surface area contributed by atoms with Gasteiger partial charge in [0.25, 0.3) is 10.0 Å². The van der Waals surface area contributed by atoms with Crippen molar-refractivity contribution >= 4 is 37.6 Å². The molecule has 0 amide bonds. The van der Waals surface area contributed by atoms with E-state index >= 15 is 0 Å². The highest BCUT2D eigenvalue weighted by molar-refractivity contribution is 9.10. The Hall–Kier alpha value is -2.26. The zero-order chi connectivity index (χ0) is 17.3. The van der Waals surface area contributed by atoms with Crippen LogP contribution in [0.4, 0.5) is 5.69 Å². The lowest BCUT2D eigenvalue weighted by atomic mass is 10.2. The molecule has 2 aromatic rings. The summed E-state index contributed by atoms with van der Waals surface area (Å²) in [5.74, 6) is -0.234. The number of aromatic carboxylic acids is 1. The van der Waals surface area contributed by atoms with Crippen molar-refractivity contribution < 1.29 is 27.8 Å². The molecule has 0 saturated carbocycles. The molecule has 7 nitrogen and oxygen atoms in total. The molecule has 0 spiro atoms. The van der Waals surface area contributed by atoms with E-state index in [0.29, 0.717) is 34.9 Å². The fourth-order valence-electron chi connectivity index (χ4n) is 2.16. The van der Waals surface area contributed by atoms with Gasteiger partial charge in [-0.05, 0) is 46.3 Å². The van der Waals surface area contributed by atoms with Crippen LogP contribution in [0.3, 0.4) is 0 Å². The molecule has 0 radical (unpaired) electrons. The van der Waals surface area contributed by atoms with Crippen molar-refractivity contribution in [3.63, 3.8) is 0 Å². The Labute approximate surface area is 146 Å². The molecule has 2 N–H and O–H groups in total. The standard InChI is InChI=1S/C15H12BrNO6S/c16-12-3-2-10(8-11(12)15(18)19)24(20,21)17-9-1-4-13-14(7-9)23-6-5-22-13/h1-4,7-8,17H,5-6H2,(H,18,19). The van der Waals surface area contributed by atoms with Crippen LogP contribution in [0, 0.1) is 0 Å². The number of hydrogen-bond donors (Lipinski definition) is 2. The summed E-state index contributed by atoms with van der Waals surface area (Å²) in [6.45, 7) is 0.826. The maximum absolute atomic E-state index is 12.5. The van der Waals surface area contributed by atoms with Crippen LogP contribution in [0.2, 0.25) is 0 Å². The van der Waals surface area contributed by atoms with Crippen molar-refractivity contribution in [1.29, 1.82) is 0 Å². The summed E-state index contributed by atoms with van der Waals surface area (Å²) >= 11 is 3.08. The van der Waals surface area contributed by atoms with Crippen LogP contribution >= 0.6 is 15.9 Å². The first-order valence-electron chi connectivity index (χ1n) is 6.82. The predicted molar refractivity (Wildman–Crippen MR) is 89.3 cm³/mol. The number of carboxylic acid groups (broad SMARTS) is 1. The number of fused-ring (bicyclic) bond motifs is 1. The highest BCUT2D eigenvalue weighted by Crippen LogP contribution is 2.33. The second-order valence-corrected chi connectivity index (χ2v) is 7.45. The first kappa shape index (κ1) is 16.6. The van der Waals surface area contributed by atoms with Gasteiger partial charge in [-0.15, -0.1) is 0 Å². The van der Waals surface area contributed by atoms with Gasteiger partial charge in [0.1, 0.15) is 13.2 Å². The lowest BCUT2D eigenvalue weighted by Gasteiger charge is -2.19. The average Bonchev–Trinajstić information content (AvgIpc) is 2.54. The third-order valence-electron chi connectivity index (χ3n) is 3.27. The van der Waals surface area contributed by atoms with Gasteiger partial charge in [-0.1, -0.05) is 0 Å². The molecular formula is C15H12BrNO6S. The second kappa shape index (κ2) is 6.33. The van der Waals surface area contributed by atoms with Gasteiger partial charge in [-0.2, -0.15) is 0 Å². The van der Waals surface area contributed by atoms with Gasteiger partial charge in [-0.25, -0.2) is 13.2 Å². The third kappa shape index (κ3) is 3.31. The average molecular weight is 414 g/mol. The quantitative estimate of drug-likeness (QED) is 0.798. The van der Waals surface area contributed by atoms with Crippen molar-refractivity contribution in [2.45, 2.75) is 4.90 Å².